The van der Waals surface area contributed by atoms with E-state index in [4.69, 9.17) is 0 Å². The molecule has 1 N–H and O–H groups in total. The van der Waals surface area contributed by atoms with Gasteiger partial charge in [0.05, 0.1) is 17.6 Å². The van der Waals surface area contributed by atoms with Crippen molar-refractivity contribution in [3.05, 3.63) is 75.8 Å². The molecule has 24 heavy (non-hydrogen) atoms. The van der Waals surface area contributed by atoms with Gasteiger partial charge in [-0.25, -0.2) is 9.48 Å². The number of hydrogen-bond donors (Lipinski definition) is 1. The SMILES string of the molecule is O=C(Cn1ncc(-c2ccccc2)nc1=O)Nc1ccccc1Br. The van der Waals surface area contributed by atoms with Crippen molar-refractivity contribution in [2.75, 3.05) is 5.32 Å². The van der Waals surface area contributed by atoms with Crippen LogP contribution in [0.15, 0.2) is 70.1 Å². The number of anilines is 1. The van der Waals surface area contributed by atoms with Crippen LogP contribution in [0.1, 0.15) is 0 Å². The Bertz CT molecular complexity index is 925. The van der Waals surface area contributed by atoms with Crippen molar-refractivity contribution in [3.63, 3.8) is 0 Å². The minimum Gasteiger partial charge on any atom is -0.323 e. The lowest BCUT2D eigenvalue weighted by atomic mass is 10.2. The number of nitrogens with one attached hydrogen (secondary N) is 1. The lowest BCUT2D eigenvalue weighted by Crippen LogP contribution is -2.31. The van der Waals surface area contributed by atoms with Crippen LogP contribution in [0, 0.1) is 0 Å². The molecule has 1 amide bonds. The number of carbonyl (C=O) groups is 1. The maximum atomic E-state index is 12.1. The van der Waals surface area contributed by atoms with Gasteiger partial charge in [-0.3, -0.25) is 4.79 Å². The predicted molar refractivity (Wildman–Crippen MR) is 94.5 cm³/mol. The van der Waals surface area contributed by atoms with Crippen LogP contribution < -0.4 is 11.0 Å². The summed E-state index contributed by atoms with van der Waals surface area (Å²) in [4.78, 5) is 28.1. The molecule has 0 saturated carbocycles. The zero-order chi connectivity index (χ0) is 16.9. The molecule has 0 aliphatic carbocycles. The number of benzene rings is 2. The van der Waals surface area contributed by atoms with Gasteiger partial charge in [-0.05, 0) is 28.1 Å². The average Bonchev–Trinajstić information content (AvgIpc) is 2.59. The molecule has 1 heterocycles. The third-order valence-corrected chi connectivity index (χ3v) is 3.96. The molecule has 6 nitrogen and oxygen atoms in total. The minimum atomic E-state index is -0.571. The summed E-state index contributed by atoms with van der Waals surface area (Å²) < 4.78 is 1.79. The Labute approximate surface area is 146 Å². The monoisotopic (exact) mass is 384 g/mol. The van der Waals surface area contributed by atoms with E-state index in [1.165, 1.54) is 6.20 Å². The fourth-order valence-corrected chi connectivity index (χ4v) is 2.49. The van der Waals surface area contributed by atoms with E-state index in [1.54, 1.807) is 12.1 Å². The van der Waals surface area contributed by atoms with Crippen molar-refractivity contribution in [3.8, 4) is 11.3 Å². The fraction of sp³-hybridized carbons (Fsp3) is 0.0588. The molecule has 0 saturated heterocycles. The van der Waals surface area contributed by atoms with Crippen molar-refractivity contribution in [2.45, 2.75) is 6.54 Å². The van der Waals surface area contributed by atoms with Crippen molar-refractivity contribution in [1.82, 2.24) is 14.8 Å². The lowest BCUT2D eigenvalue weighted by Gasteiger charge is -2.08. The largest absolute Gasteiger partial charge is 0.365 e. The topological polar surface area (TPSA) is 76.9 Å². The summed E-state index contributed by atoms with van der Waals surface area (Å²) in [6.45, 7) is -0.206. The van der Waals surface area contributed by atoms with Gasteiger partial charge in [0.15, 0.2) is 0 Å². The van der Waals surface area contributed by atoms with Crippen molar-refractivity contribution < 1.29 is 4.79 Å². The number of rotatable bonds is 4. The van der Waals surface area contributed by atoms with Gasteiger partial charge in [-0.2, -0.15) is 10.1 Å². The Balaban J connectivity index is 1.75. The molecule has 0 spiro atoms. The number of para-hydroxylation sites is 1. The van der Waals surface area contributed by atoms with Gasteiger partial charge < -0.3 is 5.32 Å². The first-order valence-corrected chi connectivity index (χ1v) is 7.97. The first-order chi connectivity index (χ1) is 11.6. The van der Waals surface area contributed by atoms with E-state index in [0.29, 0.717) is 11.4 Å². The van der Waals surface area contributed by atoms with Crippen LogP contribution in [0.25, 0.3) is 11.3 Å². The number of halogens is 1. The normalized spacial score (nSPS) is 10.4. The highest BCUT2D eigenvalue weighted by molar-refractivity contribution is 9.10. The Morgan fingerprint density at radius 2 is 1.79 bits per heavy atom. The molecule has 1 aromatic heterocycles. The molecule has 0 fully saturated rings. The highest BCUT2D eigenvalue weighted by Crippen LogP contribution is 2.21. The number of nitrogens with zero attached hydrogens (tertiary/aromatic N) is 3. The van der Waals surface area contributed by atoms with Gasteiger partial charge in [-0.1, -0.05) is 42.5 Å². The van der Waals surface area contributed by atoms with E-state index in [1.807, 2.05) is 42.5 Å². The molecule has 0 aliphatic heterocycles. The molecule has 0 radical (unpaired) electrons. The molecule has 7 heteroatoms. The summed E-state index contributed by atoms with van der Waals surface area (Å²) in [7, 11) is 0. The smallest absolute Gasteiger partial charge is 0.323 e. The number of carbonyl (C=O) groups excluding carboxylic acids is 1. The number of amides is 1. The van der Waals surface area contributed by atoms with E-state index < -0.39 is 5.69 Å². The Morgan fingerprint density at radius 3 is 2.50 bits per heavy atom. The van der Waals surface area contributed by atoms with E-state index in [2.05, 4.69) is 31.3 Å². The average molecular weight is 385 g/mol. The van der Waals surface area contributed by atoms with Crippen molar-refractivity contribution in [2.24, 2.45) is 0 Å². The van der Waals surface area contributed by atoms with Crippen molar-refractivity contribution in [1.29, 1.82) is 0 Å². The Kier molecular flexibility index (Phi) is 4.81. The number of aromatic nitrogens is 3. The van der Waals surface area contributed by atoms with Crippen LogP contribution in [0.3, 0.4) is 0 Å². The molecule has 3 aromatic rings. The summed E-state index contributed by atoms with van der Waals surface area (Å²) in [5.41, 5.74) is 1.33. The van der Waals surface area contributed by atoms with Crippen LogP contribution in [0.4, 0.5) is 5.69 Å². The van der Waals surface area contributed by atoms with Crippen LogP contribution in [0.2, 0.25) is 0 Å². The van der Waals surface area contributed by atoms with E-state index >= 15 is 0 Å². The lowest BCUT2D eigenvalue weighted by molar-refractivity contribution is -0.117. The maximum Gasteiger partial charge on any atom is 0.365 e. The maximum absolute atomic E-state index is 12.1. The minimum absolute atomic E-state index is 0.206. The highest BCUT2D eigenvalue weighted by Gasteiger charge is 2.10. The van der Waals surface area contributed by atoms with Crippen LogP contribution >= 0.6 is 15.9 Å². The van der Waals surface area contributed by atoms with Crippen LogP contribution in [0.5, 0.6) is 0 Å². The fourth-order valence-electron chi connectivity index (χ4n) is 2.11. The Hall–Kier alpha value is -2.80. The second kappa shape index (κ2) is 7.18. The third kappa shape index (κ3) is 3.75. The van der Waals surface area contributed by atoms with Crippen molar-refractivity contribution >= 4 is 27.5 Å². The van der Waals surface area contributed by atoms with Gasteiger partial charge in [0.1, 0.15) is 6.54 Å². The first kappa shape index (κ1) is 16.1. The third-order valence-electron chi connectivity index (χ3n) is 3.27. The molecular formula is C17H13BrN4O2. The molecule has 120 valence electrons. The van der Waals surface area contributed by atoms with Gasteiger partial charge in [0.25, 0.3) is 0 Å². The second-order valence-electron chi connectivity index (χ2n) is 4.98. The van der Waals surface area contributed by atoms with E-state index in [-0.39, 0.29) is 12.5 Å². The van der Waals surface area contributed by atoms with E-state index in [0.717, 1.165) is 14.7 Å². The van der Waals surface area contributed by atoms with Gasteiger partial charge in [0.2, 0.25) is 5.91 Å². The summed E-state index contributed by atoms with van der Waals surface area (Å²) in [5, 5.41) is 6.75. The summed E-state index contributed by atoms with van der Waals surface area (Å²) in [6.07, 6.45) is 1.47. The molecule has 3 rings (SSSR count). The highest BCUT2D eigenvalue weighted by atomic mass is 79.9. The first-order valence-electron chi connectivity index (χ1n) is 7.17. The zero-order valence-corrected chi connectivity index (χ0v) is 14.1. The molecule has 0 aliphatic rings. The summed E-state index contributed by atoms with van der Waals surface area (Å²) in [5.74, 6) is -0.356. The van der Waals surface area contributed by atoms with Gasteiger partial charge in [-0.15, -0.1) is 0 Å². The summed E-state index contributed by atoms with van der Waals surface area (Å²) >= 11 is 3.35. The van der Waals surface area contributed by atoms with E-state index in [9.17, 15) is 9.59 Å². The standard InChI is InChI=1S/C17H13BrN4O2/c18-13-8-4-5-9-14(13)20-16(23)11-22-17(24)21-15(10-19-22)12-6-2-1-3-7-12/h1-10H,11H2,(H,20,23). The molecule has 0 bridgehead atoms. The van der Waals surface area contributed by atoms with Gasteiger partial charge in [0, 0.05) is 10.0 Å². The quantitative estimate of drug-likeness (QED) is 0.749. The molecule has 0 atom stereocenters. The van der Waals surface area contributed by atoms with Gasteiger partial charge >= 0.3 is 5.69 Å². The second-order valence-corrected chi connectivity index (χ2v) is 5.83. The molecule has 0 unspecified atom stereocenters. The Morgan fingerprint density at radius 1 is 1.08 bits per heavy atom. The number of hydrogen-bond acceptors (Lipinski definition) is 4. The summed E-state index contributed by atoms with van der Waals surface area (Å²) in [6, 6.07) is 16.5. The van der Waals surface area contributed by atoms with Crippen LogP contribution in [-0.2, 0) is 11.3 Å². The molecule has 2 aromatic carbocycles. The zero-order valence-electron chi connectivity index (χ0n) is 12.5. The molecular weight excluding hydrogens is 372 g/mol. The predicted octanol–water partition coefficient (Wildman–Crippen LogP) is 2.71. The van der Waals surface area contributed by atoms with Crippen LogP contribution in [-0.4, -0.2) is 20.7 Å².